The Hall–Kier alpha value is -4.79. The number of amides is 1. The number of carbonyl (C=O) groups excluding carboxylic acids is 2. The second kappa shape index (κ2) is 13.2. The van der Waals surface area contributed by atoms with Crippen LogP contribution >= 0.6 is 23.2 Å². The predicted molar refractivity (Wildman–Crippen MR) is 174 cm³/mol. The van der Waals surface area contributed by atoms with Crippen molar-refractivity contribution in [2.75, 3.05) is 13.7 Å². The maximum Gasteiger partial charge on any atom is 0.347 e. The summed E-state index contributed by atoms with van der Waals surface area (Å²) in [5, 5.41) is 5.98. The highest BCUT2D eigenvalue weighted by atomic mass is 35.5. The smallest absolute Gasteiger partial charge is 0.347 e. The number of methoxy groups -OCH3 is 1. The van der Waals surface area contributed by atoms with Crippen LogP contribution in [0.3, 0.4) is 0 Å². The summed E-state index contributed by atoms with van der Waals surface area (Å²) < 4.78 is 16.6. The number of benzene rings is 4. The number of aromatic nitrogens is 1. The fourth-order valence-electron chi connectivity index (χ4n) is 4.94. The summed E-state index contributed by atoms with van der Waals surface area (Å²) in [6.07, 6.45) is 1.47. The molecule has 0 radical (unpaired) electrons. The molecular weight excluding hydrogens is 601 g/mol. The van der Waals surface area contributed by atoms with Gasteiger partial charge in [0.25, 0.3) is 5.91 Å². The van der Waals surface area contributed by atoms with Crippen molar-refractivity contribution in [3.05, 3.63) is 111 Å². The van der Waals surface area contributed by atoms with E-state index in [2.05, 4.69) is 21.6 Å². The lowest BCUT2D eigenvalue weighted by Gasteiger charge is -2.13. The fraction of sp³-hybridized carbons (Fsp3) is 0.147. The Balaban J connectivity index is 1.40. The molecule has 0 fully saturated rings. The molecule has 1 amide bonds. The van der Waals surface area contributed by atoms with E-state index >= 15 is 0 Å². The zero-order chi connectivity index (χ0) is 31.4. The van der Waals surface area contributed by atoms with Crippen molar-refractivity contribution < 1.29 is 23.8 Å². The molecule has 224 valence electrons. The van der Waals surface area contributed by atoms with Gasteiger partial charge in [-0.25, -0.2) is 10.2 Å². The Morgan fingerprint density at radius 3 is 2.48 bits per heavy atom. The molecule has 0 saturated heterocycles. The molecule has 10 heteroatoms. The minimum Gasteiger partial charge on any atom is -0.496 e. The van der Waals surface area contributed by atoms with Gasteiger partial charge in [-0.1, -0.05) is 53.0 Å². The minimum absolute atomic E-state index is 0.175. The highest BCUT2D eigenvalue weighted by molar-refractivity contribution is 6.34. The zero-order valence-corrected chi connectivity index (χ0v) is 26.0. The van der Waals surface area contributed by atoms with Gasteiger partial charge in [-0.3, -0.25) is 4.79 Å². The molecule has 0 unspecified atom stereocenters. The lowest BCUT2D eigenvalue weighted by Crippen LogP contribution is -2.19. The number of aromatic amines is 1. The van der Waals surface area contributed by atoms with Gasteiger partial charge >= 0.3 is 5.97 Å². The Morgan fingerprint density at radius 1 is 0.955 bits per heavy atom. The van der Waals surface area contributed by atoms with Gasteiger partial charge in [-0.05, 0) is 80.4 Å². The number of rotatable bonds is 9. The molecule has 0 aliphatic carbocycles. The van der Waals surface area contributed by atoms with Gasteiger partial charge in [0.15, 0.2) is 11.5 Å². The van der Waals surface area contributed by atoms with Crippen molar-refractivity contribution in [2.45, 2.75) is 20.8 Å². The monoisotopic (exact) mass is 629 g/mol. The molecule has 0 atom stereocenters. The van der Waals surface area contributed by atoms with Crippen LogP contribution in [0.4, 0.5) is 0 Å². The van der Waals surface area contributed by atoms with Gasteiger partial charge < -0.3 is 19.2 Å². The van der Waals surface area contributed by atoms with Gasteiger partial charge in [0.1, 0.15) is 17.0 Å². The summed E-state index contributed by atoms with van der Waals surface area (Å²) in [6, 6.07) is 21.1. The van der Waals surface area contributed by atoms with Crippen LogP contribution < -0.4 is 19.6 Å². The van der Waals surface area contributed by atoms with E-state index in [1.165, 1.54) is 19.4 Å². The second-order valence-corrected chi connectivity index (χ2v) is 10.8. The summed E-state index contributed by atoms with van der Waals surface area (Å²) >= 11 is 12.6. The third-order valence-electron chi connectivity index (χ3n) is 6.85. The van der Waals surface area contributed by atoms with Crippen LogP contribution in [0.15, 0.2) is 77.9 Å². The molecular formula is C34H29Cl2N3O5. The molecule has 5 rings (SSSR count). The minimum atomic E-state index is -0.655. The third-order valence-corrected chi connectivity index (χ3v) is 7.42. The lowest BCUT2D eigenvalue weighted by molar-refractivity contribution is 0.0724. The highest BCUT2D eigenvalue weighted by Crippen LogP contribution is 2.38. The van der Waals surface area contributed by atoms with E-state index in [1.807, 2.05) is 45.0 Å². The van der Waals surface area contributed by atoms with E-state index in [0.29, 0.717) is 45.0 Å². The van der Waals surface area contributed by atoms with E-state index in [0.717, 1.165) is 27.6 Å². The van der Waals surface area contributed by atoms with Crippen LogP contribution in [0.1, 0.15) is 44.5 Å². The highest BCUT2D eigenvalue weighted by Gasteiger charge is 2.22. The molecule has 1 heterocycles. The van der Waals surface area contributed by atoms with Gasteiger partial charge in [-0.15, -0.1) is 0 Å². The van der Waals surface area contributed by atoms with Crippen LogP contribution in [0.2, 0.25) is 10.0 Å². The van der Waals surface area contributed by atoms with Gasteiger partial charge in [-0.2, -0.15) is 5.10 Å². The van der Waals surface area contributed by atoms with Crippen molar-refractivity contribution >= 4 is 52.2 Å². The van der Waals surface area contributed by atoms with E-state index in [4.69, 9.17) is 37.4 Å². The average Bonchev–Trinajstić information content (AvgIpc) is 3.38. The molecule has 5 aromatic rings. The Morgan fingerprint density at radius 2 is 1.73 bits per heavy atom. The molecule has 44 heavy (non-hydrogen) atoms. The molecule has 0 aliphatic rings. The van der Waals surface area contributed by atoms with Crippen LogP contribution in [0, 0.1) is 13.8 Å². The van der Waals surface area contributed by atoms with Crippen LogP contribution in [-0.2, 0) is 0 Å². The average molecular weight is 631 g/mol. The van der Waals surface area contributed by atoms with Crippen LogP contribution in [0.5, 0.6) is 17.2 Å². The van der Waals surface area contributed by atoms with E-state index < -0.39 is 11.9 Å². The molecule has 1 aromatic heterocycles. The number of hydrogen-bond donors (Lipinski definition) is 2. The first-order chi connectivity index (χ1) is 21.2. The number of carbonyl (C=O) groups is 2. The molecule has 0 bridgehead atoms. The van der Waals surface area contributed by atoms with Crippen molar-refractivity contribution in [3.63, 3.8) is 0 Å². The van der Waals surface area contributed by atoms with E-state index in [-0.39, 0.29) is 11.3 Å². The van der Waals surface area contributed by atoms with Crippen molar-refractivity contribution in [1.82, 2.24) is 10.4 Å². The predicted octanol–water partition coefficient (Wildman–Crippen LogP) is 8.15. The number of fused-ring (bicyclic) bond motifs is 1. The SMILES string of the molecule is CCOc1cc(C=NNC(=O)c2[nH]c3c(C)cc(C)cc3c2-c2ccccc2Cl)ccc1OC(=O)c1cc(Cl)ccc1OC. The quantitative estimate of drug-likeness (QED) is 0.0741. The molecule has 4 aromatic carbocycles. The Kier molecular flexibility index (Phi) is 9.23. The number of nitrogens with one attached hydrogen (secondary N) is 2. The number of esters is 1. The number of ether oxygens (including phenoxy) is 3. The standard InChI is InChI=1S/C34H29Cl2N3O5/c1-5-43-29-16-21(10-12-28(29)44-34(41)24-17-22(35)11-13-27(24)42-4)18-37-39-33(40)32-30(23-8-6-7-9-26(23)36)25-15-19(2)14-20(3)31(25)38-32/h6-18,38H,5H2,1-4H3,(H,39,40). The van der Waals surface area contributed by atoms with Gasteiger partial charge in [0, 0.05) is 32.1 Å². The number of H-pyrrole nitrogens is 1. The summed E-state index contributed by atoms with van der Waals surface area (Å²) in [6.45, 7) is 6.14. The molecule has 2 N–H and O–H groups in total. The third kappa shape index (κ3) is 6.41. The summed E-state index contributed by atoms with van der Waals surface area (Å²) in [5.74, 6) is -0.241. The number of halogens is 2. The first-order valence-electron chi connectivity index (χ1n) is 13.7. The Bertz CT molecular complexity index is 1920. The first-order valence-corrected chi connectivity index (χ1v) is 14.5. The second-order valence-electron chi connectivity index (χ2n) is 9.93. The van der Waals surface area contributed by atoms with E-state index in [9.17, 15) is 9.59 Å². The number of hydrazone groups is 1. The van der Waals surface area contributed by atoms with Crippen LogP contribution in [-0.4, -0.2) is 36.8 Å². The summed E-state index contributed by atoms with van der Waals surface area (Å²) in [4.78, 5) is 29.7. The largest absolute Gasteiger partial charge is 0.496 e. The number of hydrogen-bond acceptors (Lipinski definition) is 6. The van der Waals surface area contributed by atoms with Gasteiger partial charge in [0.2, 0.25) is 0 Å². The maximum atomic E-state index is 13.5. The molecule has 8 nitrogen and oxygen atoms in total. The Labute approximate surface area is 264 Å². The lowest BCUT2D eigenvalue weighted by atomic mass is 9.99. The topological polar surface area (TPSA) is 102 Å². The number of nitrogens with zero attached hydrogens (tertiary/aromatic N) is 1. The number of aryl methyl sites for hydroxylation is 2. The van der Waals surface area contributed by atoms with Gasteiger partial charge in [0.05, 0.1) is 19.9 Å². The summed E-state index contributed by atoms with van der Waals surface area (Å²) in [5.41, 5.74) is 8.09. The van der Waals surface area contributed by atoms with Crippen molar-refractivity contribution in [2.24, 2.45) is 5.10 Å². The molecule has 0 aliphatic heterocycles. The van der Waals surface area contributed by atoms with Crippen molar-refractivity contribution in [1.29, 1.82) is 0 Å². The summed E-state index contributed by atoms with van der Waals surface area (Å²) in [7, 11) is 1.45. The first kappa shape index (κ1) is 30.7. The van der Waals surface area contributed by atoms with Crippen LogP contribution in [0.25, 0.3) is 22.0 Å². The van der Waals surface area contributed by atoms with Crippen molar-refractivity contribution in [3.8, 4) is 28.4 Å². The fourth-order valence-corrected chi connectivity index (χ4v) is 5.34. The molecule has 0 spiro atoms. The van der Waals surface area contributed by atoms with E-state index in [1.54, 1.807) is 36.4 Å². The molecule has 0 saturated carbocycles. The zero-order valence-electron chi connectivity index (χ0n) is 24.5. The normalized spacial score (nSPS) is 11.1. The maximum absolute atomic E-state index is 13.5.